The van der Waals surface area contributed by atoms with E-state index in [2.05, 4.69) is 0 Å². The molecule has 0 aromatic heterocycles. The lowest BCUT2D eigenvalue weighted by Gasteiger charge is -2.34. The second-order valence-electron chi connectivity index (χ2n) is 5.43. The molecule has 0 unspecified atom stereocenters. The van der Waals surface area contributed by atoms with Crippen molar-refractivity contribution in [3.8, 4) is 0 Å². The van der Waals surface area contributed by atoms with Gasteiger partial charge in [-0.1, -0.05) is 42.1 Å². The fourth-order valence-corrected chi connectivity index (χ4v) is 4.72. The van der Waals surface area contributed by atoms with Crippen molar-refractivity contribution in [2.75, 3.05) is 7.05 Å². The van der Waals surface area contributed by atoms with Crippen LogP contribution >= 0.6 is 23.2 Å². The predicted octanol–water partition coefficient (Wildman–Crippen LogP) is 3.06. The maximum atomic E-state index is 12.5. The molecule has 1 aromatic rings. The highest BCUT2D eigenvalue weighted by Gasteiger charge is 2.33. The monoisotopic (exact) mass is 351 g/mol. The second kappa shape index (κ2) is 6.84. The number of nitrogens with zero attached hydrogens (tertiary/aromatic N) is 1. The Labute approximate surface area is 135 Å². The highest BCUT2D eigenvalue weighted by atomic mass is 35.5. The van der Waals surface area contributed by atoms with E-state index < -0.39 is 16.1 Å². The molecule has 1 saturated carbocycles. The standard InChI is InChI=1S/C14H19Cl2NO3S/c1-17(13-4-2-3-5-14(13)18)21(19,20)9-10-6-7-11(15)8-12(10)16/h6-8,13-14,18H,2-5,9H2,1H3/t13-,14-/m1/s1. The first-order valence-electron chi connectivity index (χ1n) is 6.89. The van der Waals surface area contributed by atoms with Gasteiger partial charge in [0.2, 0.25) is 10.0 Å². The molecular formula is C14H19Cl2NO3S. The minimum atomic E-state index is -3.54. The Balaban J connectivity index is 2.17. The Morgan fingerprint density at radius 1 is 1.29 bits per heavy atom. The Kier molecular flexibility index (Phi) is 5.54. The average Bonchev–Trinajstić information content (AvgIpc) is 2.42. The summed E-state index contributed by atoms with van der Waals surface area (Å²) in [7, 11) is -2.01. The molecule has 1 aliphatic rings. The summed E-state index contributed by atoms with van der Waals surface area (Å²) in [5, 5.41) is 10.8. The summed E-state index contributed by atoms with van der Waals surface area (Å²) in [5.41, 5.74) is 0.512. The number of hydrogen-bond acceptors (Lipinski definition) is 3. The second-order valence-corrected chi connectivity index (χ2v) is 8.30. The molecule has 0 bridgehead atoms. The van der Waals surface area contributed by atoms with Gasteiger partial charge in [-0.15, -0.1) is 0 Å². The summed E-state index contributed by atoms with van der Waals surface area (Å²) in [6, 6.07) is 4.42. The van der Waals surface area contributed by atoms with Crippen LogP contribution in [0, 0.1) is 0 Å². The number of aliphatic hydroxyl groups excluding tert-OH is 1. The zero-order chi connectivity index (χ0) is 15.6. The number of sulfonamides is 1. The maximum Gasteiger partial charge on any atom is 0.218 e. The third kappa shape index (κ3) is 4.11. The molecule has 1 aromatic carbocycles. The zero-order valence-electron chi connectivity index (χ0n) is 11.8. The quantitative estimate of drug-likeness (QED) is 0.906. The SMILES string of the molecule is CN([C@@H]1CCCC[C@H]1O)S(=O)(=O)Cc1ccc(Cl)cc1Cl. The molecule has 1 fully saturated rings. The van der Waals surface area contributed by atoms with Gasteiger partial charge in [0.05, 0.1) is 17.9 Å². The first-order chi connectivity index (χ1) is 9.81. The van der Waals surface area contributed by atoms with Gasteiger partial charge in [0.15, 0.2) is 0 Å². The smallest absolute Gasteiger partial charge is 0.218 e. The van der Waals surface area contributed by atoms with Crippen molar-refractivity contribution in [2.45, 2.75) is 43.6 Å². The molecule has 0 aliphatic heterocycles. The van der Waals surface area contributed by atoms with Crippen LogP contribution in [0.25, 0.3) is 0 Å². The van der Waals surface area contributed by atoms with Gasteiger partial charge < -0.3 is 5.11 Å². The van der Waals surface area contributed by atoms with Crippen molar-refractivity contribution in [2.24, 2.45) is 0 Å². The molecular weight excluding hydrogens is 333 g/mol. The number of hydrogen-bond donors (Lipinski definition) is 1. The Hall–Kier alpha value is -0.330. The summed E-state index contributed by atoms with van der Waals surface area (Å²) < 4.78 is 26.3. The summed E-state index contributed by atoms with van der Waals surface area (Å²) in [5.74, 6) is -0.192. The highest BCUT2D eigenvalue weighted by Crippen LogP contribution is 2.27. The van der Waals surface area contributed by atoms with Gasteiger partial charge in [-0.25, -0.2) is 8.42 Å². The van der Waals surface area contributed by atoms with Crippen LogP contribution in [0.2, 0.25) is 10.0 Å². The molecule has 1 aliphatic carbocycles. The molecule has 0 heterocycles. The van der Waals surface area contributed by atoms with E-state index in [-0.39, 0.29) is 11.8 Å². The summed E-state index contributed by atoms with van der Waals surface area (Å²) in [4.78, 5) is 0. The summed E-state index contributed by atoms with van der Waals surface area (Å²) in [6.45, 7) is 0. The van der Waals surface area contributed by atoms with Crippen LogP contribution in [0.5, 0.6) is 0 Å². The lowest BCUT2D eigenvalue weighted by atomic mass is 9.93. The van der Waals surface area contributed by atoms with E-state index in [0.717, 1.165) is 12.8 Å². The van der Waals surface area contributed by atoms with E-state index >= 15 is 0 Å². The van der Waals surface area contributed by atoms with Gasteiger partial charge in [0.25, 0.3) is 0 Å². The van der Waals surface area contributed by atoms with Crippen molar-refractivity contribution < 1.29 is 13.5 Å². The average molecular weight is 352 g/mol. The first-order valence-corrected chi connectivity index (χ1v) is 9.25. The number of rotatable bonds is 4. The lowest BCUT2D eigenvalue weighted by molar-refractivity contribution is 0.0637. The topological polar surface area (TPSA) is 57.6 Å². The molecule has 0 radical (unpaired) electrons. The van der Waals surface area contributed by atoms with E-state index in [9.17, 15) is 13.5 Å². The van der Waals surface area contributed by atoms with Gasteiger partial charge in [0, 0.05) is 17.1 Å². The van der Waals surface area contributed by atoms with Crippen LogP contribution in [0.3, 0.4) is 0 Å². The summed E-state index contributed by atoms with van der Waals surface area (Å²) >= 11 is 11.9. The fraction of sp³-hybridized carbons (Fsp3) is 0.571. The molecule has 7 heteroatoms. The van der Waals surface area contributed by atoms with E-state index in [4.69, 9.17) is 23.2 Å². The number of aliphatic hydroxyl groups is 1. The molecule has 0 amide bonds. The first kappa shape index (κ1) is 17.0. The third-order valence-electron chi connectivity index (χ3n) is 3.95. The van der Waals surface area contributed by atoms with Crippen molar-refractivity contribution in [1.82, 2.24) is 4.31 Å². The molecule has 2 atom stereocenters. The zero-order valence-corrected chi connectivity index (χ0v) is 14.1. The van der Waals surface area contributed by atoms with Crippen LogP contribution in [0.4, 0.5) is 0 Å². The maximum absolute atomic E-state index is 12.5. The van der Waals surface area contributed by atoms with Crippen molar-refractivity contribution in [3.05, 3.63) is 33.8 Å². The van der Waals surface area contributed by atoms with E-state index in [1.807, 2.05) is 0 Å². The van der Waals surface area contributed by atoms with Crippen LogP contribution in [0.1, 0.15) is 31.2 Å². The normalized spacial score (nSPS) is 23.5. The molecule has 21 heavy (non-hydrogen) atoms. The number of likely N-dealkylation sites (N-methyl/N-ethyl adjacent to an activating group) is 1. The minimum absolute atomic E-state index is 0.192. The minimum Gasteiger partial charge on any atom is -0.391 e. The number of halogens is 2. The van der Waals surface area contributed by atoms with Crippen molar-refractivity contribution in [3.63, 3.8) is 0 Å². The van der Waals surface area contributed by atoms with Gasteiger partial charge in [-0.3, -0.25) is 0 Å². The van der Waals surface area contributed by atoms with E-state index in [1.165, 1.54) is 17.4 Å². The molecule has 0 spiro atoms. The van der Waals surface area contributed by atoms with E-state index in [0.29, 0.717) is 28.5 Å². The van der Waals surface area contributed by atoms with Crippen LogP contribution in [-0.4, -0.2) is 37.0 Å². The molecule has 2 rings (SSSR count). The Bertz CT molecular complexity index is 606. The molecule has 118 valence electrons. The van der Waals surface area contributed by atoms with Crippen LogP contribution in [-0.2, 0) is 15.8 Å². The predicted molar refractivity (Wildman–Crippen MR) is 85.1 cm³/mol. The largest absolute Gasteiger partial charge is 0.391 e. The van der Waals surface area contributed by atoms with Gasteiger partial charge in [-0.2, -0.15) is 4.31 Å². The third-order valence-corrected chi connectivity index (χ3v) is 6.36. The Morgan fingerprint density at radius 2 is 1.95 bits per heavy atom. The lowest BCUT2D eigenvalue weighted by Crippen LogP contribution is -2.46. The van der Waals surface area contributed by atoms with Crippen molar-refractivity contribution >= 4 is 33.2 Å². The molecule has 1 N–H and O–H groups in total. The fourth-order valence-electron chi connectivity index (χ4n) is 2.66. The van der Waals surface area contributed by atoms with Gasteiger partial charge >= 0.3 is 0 Å². The highest BCUT2D eigenvalue weighted by molar-refractivity contribution is 7.88. The van der Waals surface area contributed by atoms with Crippen LogP contribution < -0.4 is 0 Å². The number of benzene rings is 1. The van der Waals surface area contributed by atoms with Gasteiger partial charge in [-0.05, 0) is 30.5 Å². The van der Waals surface area contributed by atoms with Crippen molar-refractivity contribution in [1.29, 1.82) is 0 Å². The summed E-state index contributed by atoms with van der Waals surface area (Å²) in [6.07, 6.45) is 2.61. The van der Waals surface area contributed by atoms with Gasteiger partial charge in [0.1, 0.15) is 0 Å². The molecule has 4 nitrogen and oxygen atoms in total. The molecule has 0 saturated heterocycles. The van der Waals surface area contributed by atoms with E-state index in [1.54, 1.807) is 12.1 Å². The Morgan fingerprint density at radius 3 is 2.57 bits per heavy atom. The van der Waals surface area contributed by atoms with Crippen LogP contribution in [0.15, 0.2) is 18.2 Å².